The summed E-state index contributed by atoms with van der Waals surface area (Å²) in [6, 6.07) is 0. The third-order valence-corrected chi connectivity index (χ3v) is 3.98. The minimum absolute atomic E-state index is 0.0619. The topological polar surface area (TPSA) is 72.6 Å². The molecule has 0 aliphatic carbocycles. The molecule has 0 aromatic rings. The van der Waals surface area contributed by atoms with Crippen molar-refractivity contribution >= 4 is 10.2 Å². The second-order valence-electron chi connectivity index (χ2n) is 3.93. The van der Waals surface area contributed by atoms with Gasteiger partial charge in [-0.2, -0.15) is 12.7 Å². The highest BCUT2D eigenvalue weighted by Gasteiger charge is 2.44. The van der Waals surface area contributed by atoms with Crippen molar-refractivity contribution < 1.29 is 13.2 Å². The predicted octanol–water partition coefficient (Wildman–Crippen LogP) is -0.698. The Morgan fingerprint density at radius 3 is 2.62 bits per heavy atom. The number of rotatable bonds is 1. The maximum absolute atomic E-state index is 11.0. The number of hydrogen-bond acceptors (Lipinski definition) is 3. The fraction of sp³-hybridized carbons (Fsp3) is 1.00. The van der Waals surface area contributed by atoms with Gasteiger partial charge in [-0.25, -0.2) is 5.14 Å². The summed E-state index contributed by atoms with van der Waals surface area (Å²) in [6.45, 7) is 2.51. The highest BCUT2D eigenvalue weighted by Crippen LogP contribution is 2.38. The summed E-state index contributed by atoms with van der Waals surface area (Å²) in [6.07, 6.45) is 1.84. The van der Waals surface area contributed by atoms with Crippen LogP contribution in [0.1, 0.15) is 12.8 Å². The van der Waals surface area contributed by atoms with E-state index in [1.807, 2.05) is 0 Å². The normalized spacial score (nSPS) is 36.1. The molecule has 1 spiro atoms. The van der Waals surface area contributed by atoms with Gasteiger partial charge in [0.2, 0.25) is 0 Å². The van der Waals surface area contributed by atoms with E-state index in [4.69, 9.17) is 9.88 Å². The highest BCUT2D eigenvalue weighted by atomic mass is 32.2. The zero-order valence-corrected chi connectivity index (χ0v) is 8.22. The molecule has 0 bridgehead atoms. The zero-order chi connectivity index (χ0) is 9.53. The van der Waals surface area contributed by atoms with Gasteiger partial charge in [0.1, 0.15) is 0 Å². The van der Waals surface area contributed by atoms with Crippen LogP contribution in [-0.2, 0) is 14.9 Å². The molecule has 76 valence electrons. The quantitative estimate of drug-likeness (QED) is 0.616. The molecule has 0 aromatic carbocycles. The van der Waals surface area contributed by atoms with Crippen molar-refractivity contribution in [1.82, 2.24) is 4.31 Å². The summed E-state index contributed by atoms with van der Waals surface area (Å²) in [5.74, 6) is 0. The maximum Gasteiger partial charge on any atom is 0.276 e. The first kappa shape index (κ1) is 9.39. The molecule has 2 saturated heterocycles. The van der Waals surface area contributed by atoms with E-state index >= 15 is 0 Å². The van der Waals surface area contributed by atoms with E-state index in [0.29, 0.717) is 19.7 Å². The molecule has 2 N–H and O–H groups in total. The van der Waals surface area contributed by atoms with Crippen LogP contribution in [0, 0.1) is 5.41 Å². The smallest absolute Gasteiger partial charge is 0.276 e. The Balaban J connectivity index is 2.09. The van der Waals surface area contributed by atoms with Crippen molar-refractivity contribution in [1.29, 1.82) is 0 Å². The average molecular weight is 206 g/mol. The van der Waals surface area contributed by atoms with Crippen LogP contribution in [0.2, 0.25) is 0 Å². The average Bonchev–Trinajstić information content (AvgIpc) is 2.60. The molecule has 2 aliphatic rings. The molecule has 6 heteroatoms. The molecule has 5 nitrogen and oxygen atoms in total. The second kappa shape index (κ2) is 2.91. The Morgan fingerprint density at radius 2 is 2.15 bits per heavy atom. The van der Waals surface area contributed by atoms with Gasteiger partial charge in [-0.3, -0.25) is 0 Å². The zero-order valence-electron chi connectivity index (χ0n) is 7.40. The van der Waals surface area contributed by atoms with E-state index in [0.717, 1.165) is 19.4 Å². The monoisotopic (exact) mass is 206 g/mol. The number of nitrogens with zero attached hydrogens (tertiary/aromatic N) is 1. The Bertz CT molecular complexity index is 295. The molecule has 0 aromatic heterocycles. The lowest BCUT2D eigenvalue weighted by atomic mass is 9.87. The van der Waals surface area contributed by atoms with Crippen LogP contribution in [0.4, 0.5) is 0 Å². The molecular formula is C7H14N2O3S. The Hall–Kier alpha value is -0.170. The van der Waals surface area contributed by atoms with Gasteiger partial charge in [0.25, 0.3) is 10.2 Å². The molecule has 0 radical (unpaired) electrons. The largest absolute Gasteiger partial charge is 0.381 e. The lowest BCUT2D eigenvalue weighted by molar-refractivity contribution is 0.157. The van der Waals surface area contributed by atoms with Gasteiger partial charge in [-0.1, -0.05) is 0 Å². The molecular weight excluding hydrogens is 192 g/mol. The van der Waals surface area contributed by atoms with Crippen molar-refractivity contribution in [2.24, 2.45) is 10.6 Å². The van der Waals surface area contributed by atoms with Crippen molar-refractivity contribution in [3.63, 3.8) is 0 Å². The van der Waals surface area contributed by atoms with Crippen LogP contribution in [0.25, 0.3) is 0 Å². The fourth-order valence-electron chi connectivity index (χ4n) is 2.08. The Labute approximate surface area is 78.0 Å². The fourth-order valence-corrected chi connectivity index (χ4v) is 2.88. The first-order valence-electron chi connectivity index (χ1n) is 4.38. The molecule has 2 rings (SSSR count). The van der Waals surface area contributed by atoms with Crippen LogP contribution in [0.5, 0.6) is 0 Å². The maximum atomic E-state index is 11.0. The molecule has 1 atom stereocenters. The van der Waals surface area contributed by atoms with Crippen molar-refractivity contribution in [2.45, 2.75) is 12.8 Å². The lowest BCUT2D eigenvalue weighted by Gasteiger charge is -2.20. The highest BCUT2D eigenvalue weighted by molar-refractivity contribution is 7.86. The van der Waals surface area contributed by atoms with E-state index in [1.165, 1.54) is 4.31 Å². The summed E-state index contributed by atoms with van der Waals surface area (Å²) < 4.78 is 28.7. The summed E-state index contributed by atoms with van der Waals surface area (Å²) in [5, 5.41) is 5.05. The molecule has 2 heterocycles. The van der Waals surface area contributed by atoms with Gasteiger partial charge in [0.15, 0.2) is 0 Å². The standard InChI is InChI=1S/C7H14N2O3S/c8-13(10,11)9-3-1-7(5-9)2-4-12-6-7/h1-6H2,(H2,8,10,11). The van der Waals surface area contributed by atoms with E-state index < -0.39 is 10.2 Å². The minimum Gasteiger partial charge on any atom is -0.381 e. The Morgan fingerprint density at radius 1 is 1.38 bits per heavy atom. The first-order valence-corrected chi connectivity index (χ1v) is 5.88. The molecule has 1 unspecified atom stereocenters. The third-order valence-electron chi connectivity index (χ3n) is 2.95. The number of nitrogens with two attached hydrogens (primary N) is 1. The van der Waals surface area contributed by atoms with Gasteiger partial charge < -0.3 is 4.74 Å². The van der Waals surface area contributed by atoms with E-state index in [-0.39, 0.29) is 5.41 Å². The van der Waals surface area contributed by atoms with Gasteiger partial charge in [-0.15, -0.1) is 0 Å². The first-order chi connectivity index (χ1) is 6.02. The molecule has 2 fully saturated rings. The van der Waals surface area contributed by atoms with Gasteiger partial charge in [-0.05, 0) is 12.8 Å². The molecule has 0 amide bonds. The van der Waals surface area contributed by atoms with Crippen LogP contribution in [0.3, 0.4) is 0 Å². The van der Waals surface area contributed by atoms with E-state index in [2.05, 4.69) is 0 Å². The summed E-state index contributed by atoms with van der Waals surface area (Å²) in [4.78, 5) is 0. The molecule has 13 heavy (non-hydrogen) atoms. The Kier molecular flexibility index (Phi) is 2.10. The SMILES string of the molecule is NS(=O)(=O)N1CCC2(CCOC2)C1. The van der Waals surface area contributed by atoms with Crippen LogP contribution < -0.4 is 5.14 Å². The third kappa shape index (κ3) is 1.71. The van der Waals surface area contributed by atoms with Gasteiger partial charge in [0, 0.05) is 25.1 Å². The van der Waals surface area contributed by atoms with Crippen molar-refractivity contribution in [2.75, 3.05) is 26.3 Å². The minimum atomic E-state index is -3.49. The van der Waals surface area contributed by atoms with Crippen molar-refractivity contribution in [3.05, 3.63) is 0 Å². The van der Waals surface area contributed by atoms with Crippen LogP contribution >= 0.6 is 0 Å². The van der Waals surface area contributed by atoms with Gasteiger partial charge >= 0.3 is 0 Å². The predicted molar refractivity (Wildman–Crippen MR) is 47.2 cm³/mol. The van der Waals surface area contributed by atoms with E-state index in [1.54, 1.807) is 0 Å². The summed E-state index contributed by atoms with van der Waals surface area (Å²) in [5.41, 5.74) is 0.0619. The van der Waals surface area contributed by atoms with Crippen LogP contribution in [0.15, 0.2) is 0 Å². The number of ether oxygens (including phenoxy) is 1. The molecule has 0 saturated carbocycles. The van der Waals surface area contributed by atoms with Gasteiger partial charge in [0.05, 0.1) is 6.61 Å². The van der Waals surface area contributed by atoms with Crippen LogP contribution in [-0.4, -0.2) is 39.0 Å². The molecule has 2 aliphatic heterocycles. The summed E-state index contributed by atoms with van der Waals surface area (Å²) >= 11 is 0. The number of hydrogen-bond donors (Lipinski definition) is 1. The summed E-state index contributed by atoms with van der Waals surface area (Å²) in [7, 11) is -3.49. The lowest BCUT2D eigenvalue weighted by Crippen LogP contribution is -2.37. The van der Waals surface area contributed by atoms with Crippen molar-refractivity contribution in [3.8, 4) is 0 Å². The van der Waals surface area contributed by atoms with E-state index in [9.17, 15) is 8.42 Å². The second-order valence-corrected chi connectivity index (χ2v) is 5.48.